The van der Waals surface area contributed by atoms with Crippen molar-refractivity contribution in [3.05, 3.63) is 33.4 Å². The number of nitrogens with zero attached hydrogens (tertiary/aromatic N) is 2. The summed E-state index contributed by atoms with van der Waals surface area (Å²) in [5.41, 5.74) is -3.45. The van der Waals surface area contributed by atoms with Crippen LogP contribution < -0.4 is 5.56 Å². The van der Waals surface area contributed by atoms with E-state index >= 15 is 0 Å². The van der Waals surface area contributed by atoms with Gasteiger partial charge in [-0.05, 0) is 6.92 Å². The molecular formula is C11H9ClF3N3O3. The first-order valence-corrected chi connectivity index (χ1v) is 6.28. The lowest BCUT2D eigenvalue weighted by molar-refractivity contribution is -0.141. The molecule has 6 nitrogen and oxygen atoms in total. The Morgan fingerprint density at radius 1 is 1.52 bits per heavy atom. The summed E-state index contributed by atoms with van der Waals surface area (Å²) in [4.78, 5) is 27.3. The molecule has 0 saturated carbocycles. The van der Waals surface area contributed by atoms with Gasteiger partial charge in [-0.1, -0.05) is 0 Å². The number of hydrogen-bond acceptors (Lipinski definition) is 4. The van der Waals surface area contributed by atoms with Crippen LogP contribution in [-0.2, 0) is 16.8 Å². The van der Waals surface area contributed by atoms with Crippen LogP contribution in [0.5, 0.6) is 0 Å². The van der Waals surface area contributed by atoms with Gasteiger partial charge in [-0.2, -0.15) is 13.2 Å². The topological polar surface area (TPSA) is 76.5 Å². The third-order valence-corrected chi connectivity index (χ3v) is 2.84. The van der Waals surface area contributed by atoms with Gasteiger partial charge in [-0.3, -0.25) is 9.89 Å². The summed E-state index contributed by atoms with van der Waals surface area (Å²) in [6.45, 7) is 1.33. The molecule has 2 rings (SSSR count). The van der Waals surface area contributed by atoms with E-state index in [-0.39, 0.29) is 18.2 Å². The fraction of sp³-hybridized carbons (Fsp3) is 0.364. The van der Waals surface area contributed by atoms with Crippen LogP contribution in [0.25, 0.3) is 5.65 Å². The van der Waals surface area contributed by atoms with Crippen molar-refractivity contribution in [1.29, 1.82) is 0 Å². The molecule has 0 aliphatic heterocycles. The average Bonchev–Trinajstić information content (AvgIpc) is 2.78. The lowest BCUT2D eigenvalue weighted by atomic mass is 10.2. The van der Waals surface area contributed by atoms with Gasteiger partial charge in [0.15, 0.2) is 11.3 Å². The fourth-order valence-electron chi connectivity index (χ4n) is 1.76. The molecule has 1 N–H and O–H groups in total. The minimum Gasteiger partial charge on any atom is -0.462 e. The van der Waals surface area contributed by atoms with E-state index in [9.17, 15) is 22.8 Å². The Balaban J connectivity index is 2.85. The van der Waals surface area contributed by atoms with Crippen LogP contribution >= 0.6 is 11.6 Å². The molecule has 0 unspecified atom stereocenters. The molecule has 2 aromatic heterocycles. The molecule has 0 saturated heterocycles. The van der Waals surface area contributed by atoms with Crippen LogP contribution in [0.1, 0.15) is 28.7 Å². The predicted octanol–water partition coefficient (Wildman–Crippen LogP) is 1.96. The number of hydrogen-bond donors (Lipinski definition) is 1. The molecule has 0 aliphatic carbocycles. The third kappa shape index (κ3) is 2.73. The quantitative estimate of drug-likeness (QED) is 0.692. The van der Waals surface area contributed by atoms with Crippen molar-refractivity contribution in [3.8, 4) is 0 Å². The van der Waals surface area contributed by atoms with Gasteiger partial charge in [0.2, 0.25) is 0 Å². The molecule has 0 atom stereocenters. The number of aromatic amines is 1. The van der Waals surface area contributed by atoms with Crippen molar-refractivity contribution in [2.24, 2.45) is 0 Å². The number of alkyl halides is 4. The number of esters is 1. The van der Waals surface area contributed by atoms with Crippen LogP contribution in [0.3, 0.4) is 0 Å². The largest absolute Gasteiger partial charge is 0.462 e. The zero-order valence-corrected chi connectivity index (χ0v) is 11.4. The van der Waals surface area contributed by atoms with Crippen LogP contribution in [-0.4, -0.2) is 27.2 Å². The van der Waals surface area contributed by atoms with E-state index in [4.69, 9.17) is 11.6 Å². The van der Waals surface area contributed by atoms with Gasteiger partial charge in [-0.15, -0.1) is 11.6 Å². The number of rotatable bonds is 3. The Morgan fingerprint density at radius 3 is 2.71 bits per heavy atom. The van der Waals surface area contributed by atoms with Crippen molar-refractivity contribution in [2.45, 2.75) is 19.0 Å². The number of nitrogens with one attached hydrogen (secondary N) is 1. The lowest BCUT2D eigenvalue weighted by Crippen LogP contribution is -2.16. The maximum absolute atomic E-state index is 13.0. The van der Waals surface area contributed by atoms with Gasteiger partial charge in [0, 0.05) is 6.07 Å². The molecule has 0 aliphatic rings. The molecule has 0 aromatic carbocycles. The molecule has 0 spiro atoms. The second-order valence-corrected chi connectivity index (χ2v) is 4.23. The van der Waals surface area contributed by atoms with Gasteiger partial charge in [0.05, 0.1) is 18.2 Å². The third-order valence-electron chi connectivity index (χ3n) is 2.57. The van der Waals surface area contributed by atoms with Crippen LogP contribution in [0.2, 0.25) is 0 Å². The first-order chi connectivity index (χ1) is 9.79. The Bertz CT molecular complexity index is 751. The number of ether oxygens (including phenoxy) is 1. The van der Waals surface area contributed by atoms with Gasteiger partial charge in [-0.25, -0.2) is 14.3 Å². The summed E-state index contributed by atoms with van der Waals surface area (Å²) in [6, 6.07) is 0.978. The van der Waals surface area contributed by atoms with Crippen molar-refractivity contribution in [2.75, 3.05) is 6.61 Å². The van der Waals surface area contributed by atoms with E-state index in [1.165, 1.54) is 6.92 Å². The highest BCUT2D eigenvalue weighted by atomic mass is 35.5. The molecule has 2 aromatic rings. The normalized spacial score (nSPS) is 11.9. The second-order valence-electron chi connectivity index (χ2n) is 3.96. The zero-order chi connectivity index (χ0) is 15.8. The Kier molecular flexibility index (Phi) is 3.95. The fourth-order valence-corrected chi connectivity index (χ4v) is 1.89. The van der Waals surface area contributed by atoms with Crippen LogP contribution in [0.4, 0.5) is 13.2 Å². The number of fused-ring (bicyclic) bond motifs is 1. The number of carbonyl (C=O) groups is 1. The van der Waals surface area contributed by atoms with E-state index in [1.54, 1.807) is 0 Å². The second kappa shape index (κ2) is 5.40. The first kappa shape index (κ1) is 15.4. The van der Waals surface area contributed by atoms with Gasteiger partial charge in [0.25, 0.3) is 5.56 Å². The lowest BCUT2D eigenvalue weighted by Gasteiger charge is -2.06. The smallest absolute Gasteiger partial charge is 0.433 e. The van der Waals surface area contributed by atoms with Crippen molar-refractivity contribution < 1.29 is 22.7 Å². The molecule has 0 bridgehead atoms. The SMILES string of the molecule is CCOC(=O)c1c(C(F)(F)F)[nH]n2c(=O)cc(CCl)nc12. The van der Waals surface area contributed by atoms with E-state index < -0.39 is 34.6 Å². The molecule has 114 valence electrons. The van der Waals surface area contributed by atoms with E-state index in [1.807, 2.05) is 5.10 Å². The molecule has 0 fully saturated rings. The van der Waals surface area contributed by atoms with E-state index in [2.05, 4.69) is 9.72 Å². The van der Waals surface area contributed by atoms with Crippen LogP contribution in [0, 0.1) is 0 Å². The van der Waals surface area contributed by atoms with E-state index in [0.29, 0.717) is 4.52 Å². The standard InChI is InChI=1S/C11H9ClF3N3O3/c1-2-21-10(20)7-8(11(13,14)15)17-18-6(19)3-5(4-12)16-9(7)18/h3,17H,2,4H2,1H3. The Hall–Kier alpha value is -2.03. The zero-order valence-electron chi connectivity index (χ0n) is 10.6. The highest BCUT2D eigenvalue weighted by molar-refractivity contribution is 6.16. The summed E-state index contributed by atoms with van der Waals surface area (Å²) in [5.74, 6) is -1.40. The maximum atomic E-state index is 13.0. The summed E-state index contributed by atoms with van der Waals surface area (Å²) < 4.78 is 44.1. The number of carbonyl (C=O) groups excluding carboxylic acids is 1. The van der Waals surface area contributed by atoms with Crippen molar-refractivity contribution in [3.63, 3.8) is 0 Å². The van der Waals surface area contributed by atoms with E-state index in [0.717, 1.165) is 6.07 Å². The molecule has 10 heteroatoms. The number of halogens is 4. The van der Waals surface area contributed by atoms with Crippen molar-refractivity contribution >= 4 is 23.2 Å². The molecule has 21 heavy (non-hydrogen) atoms. The van der Waals surface area contributed by atoms with Crippen LogP contribution in [0.15, 0.2) is 10.9 Å². The predicted molar refractivity (Wildman–Crippen MR) is 66.3 cm³/mol. The highest BCUT2D eigenvalue weighted by Crippen LogP contribution is 2.32. The summed E-state index contributed by atoms with van der Waals surface area (Å²) in [6.07, 6.45) is -4.87. The summed E-state index contributed by atoms with van der Waals surface area (Å²) in [7, 11) is 0. The molecule has 0 amide bonds. The van der Waals surface area contributed by atoms with Crippen molar-refractivity contribution in [1.82, 2.24) is 14.6 Å². The Morgan fingerprint density at radius 2 is 2.19 bits per heavy atom. The highest BCUT2D eigenvalue weighted by Gasteiger charge is 2.40. The number of aromatic nitrogens is 3. The average molecular weight is 324 g/mol. The maximum Gasteiger partial charge on any atom is 0.433 e. The van der Waals surface area contributed by atoms with Gasteiger partial charge < -0.3 is 4.74 Å². The molecule has 0 radical (unpaired) electrons. The minimum absolute atomic E-state index is 0.0555. The first-order valence-electron chi connectivity index (χ1n) is 5.74. The number of H-pyrrole nitrogens is 1. The minimum atomic E-state index is -4.87. The summed E-state index contributed by atoms with van der Waals surface area (Å²) >= 11 is 5.53. The Labute approximate surface area is 120 Å². The molecular weight excluding hydrogens is 315 g/mol. The summed E-state index contributed by atoms with van der Waals surface area (Å²) in [5, 5.41) is 1.84. The monoisotopic (exact) mass is 323 g/mol. The van der Waals surface area contributed by atoms with Gasteiger partial charge >= 0.3 is 12.1 Å². The van der Waals surface area contributed by atoms with Gasteiger partial charge in [0.1, 0.15) is 5.56 Å². The molecule has 2 heterocycles.